The molecule has 1 aromatic rings. The van der Waals surface area contributed by atoms with Crippen LogP contribution >= 0.6 is 0 Å². The van der Waals surface area contributed by atoms with Gasteiger partial charge in [-0.05, 0) is 37.5 Å². The van der Waals surface area contributed by atoms with Crippen molar-refractivity contribution in [3.63, 3.8) is 0 Å². The number of carbonyl (C=O) groups is 1. The van der Waals surface area contributed by atoms with Gasteiger partial charge in [-0.3, -0.25) is 0 Å². The summed E-state index contributed by atoms with van der Waals surface area (Å²) in [5.41, 5.74) is 1.12. The largest absolute Gasteiger partial charge is 0.497 e. The molecule has 1 aliphatic carbocycles. The molecular formula is C17H26N2O2. The Morgan fingerprint density at radius 2 is 1.90 bits per heavy atom. The Morgan fingerprint density at radius 3 is 2.48 bits per heavy atom. The molecule has 1 N–H and O–H groups in total. The zero-order valence-corrected chi connectivity index (χ0v) is 13.1. The van der Waals surface area contributed by atoms with Crippen LogP contribution in [0.15, 0.2) is 24.3 Å². The summed E-state index contributed by atoms with van der Waals surface area (Å²) in [6.45, 7) is 3.37. The fraction of sp³-hybridized carbons (Fsp3) is 0.588. The minimum absolute atomic E-state index is 0.0558. The molecule has 2 amide bonds. The fourth-order valence-corrected chi connectivity index (χ4v) is 2.79. The number of hydrogen-bond acceptors (Lipinski definition) is 2. The molecule has 0 unspecified atom stereocenters. The van der Waals surface area contributed by atoms with Gasteiger partial charge in [-0.15, -0.1) is 0 Å². The topological polar surface area (TPSA) is 41.6 Å². The molecule has 0 bridgehead atoms. The molecule has 1 fully saturated rings. The van der Waals surface area contributed by atoms with E-state index in [1.165, 1.54) is 19.3 Å². The number of nitrogens with one attached hydrogen (secondary N) is 1. The Balaban J connectivity index is 1.89. The Hall–Kier alpha value is -1.71. The lowest BCUT2D eigenvalue weighted by Crippen LogP contribution is -2.45. The normalized spacial score (nSPS) is 15.5. The third kappa shape index (κ3) is 4.66. The van der Waals surface area contributed by atoms with Crippen molar-refractivity contribution in [3.8, 4) is 5.75 Å². The number of benzene rings is 1. The molecule has 21 heavy (non-hydrogen) atoms. The summed E-state index contributed by atoms with van der Waals surface area (Å²) in [6, 6.07) is 8.30. The van der Waals surface area contributed by atoms with Crippen LogP contribution in [-0.4, -0.2) is 30.6 Å². The first-order valence-electron chi connectivity index (χ1n) is 7.91. The summed E-state index contributed by atoms with van der Waals surface area (Å²) in [5.74, 6) is 0.841. The number of rotatable bonds is 5. The van der Waals surface area contributed by atoms with E-state index in [4.69, 9.17) is 4.74 Å². The van der Waals surface area contributed by atoms with Crippen molar-refractivity contribution in [3.05, 3.63) is 29.8 Å². The predicted octanol–water partition coefficient (Wildman–Crippen LogP) is 3.56. The van der Waals surface area contributed by atoms with Crippen molar-refractivity contribution >= 4 is 6.03 Å². The summed E-state index contributed by atoms with van der Waals surface area (Å²) in [4.78, 5) is 14.2. The van der Waals surface area contributed by atoms with E-state index in [1.54, 1.807) is 7.11 Å². The first-order valence-corrected chi connectivity index (χ1v) is 7.91. The molecule has 1 aliphatic rings. The van der Waals surface area contributed by atoms with Gasteiger partial charge in [0, 0.05) is 19.1 Å². The molecule has 116 valence electrons. The Bertz CT molecular complexity index is 439. The van der Waals surface area contributed by atoms with Crippen LogP contribution in [0.2, 0.25) is 0 Å². The Labute approximate surface area is 127 Å². The molecule has 2 rings (SSSR count). The van der Waals surface area contributed by atoms with E-state index in [9.17, 15) is 4.79 Å². The summed E-state index contributed by atoms with van der Waals surface area (Å²) < 4.78 is 5.16. The monoisotopic (exact) mass is 290 g/mol. The summed E-state index contributed by atoms with van der Waals surface area (Å²) in [6.07, 6.45) is 6.00. The number of hydrogen-bond donors (Lipinski definition) is 1. The maximum absolute atomic E-state index is 12.4. The molecule has 0 spiro atoms. The van der Waals surface area contributed by atoms with Crippen molar-refractivity contribution in [2.24, 2.45) is 0 Å². The van der Waals surface area contributed by atoms with E-state index in [2.05, 4.69) is 5.32 Å². The SMILES string of the molecule is CCN(Cc1ccc(OC)cc1)C(=O)NC1CCCCC1. The summed E-state index contributed by atoms with van der Waals surface area (Å²) in [7, 11) is 1.66. The van der Waals surface area contributed by atoms with Crippen LogP contribution in [0.25, 0.3) is 0 Å². The van der Waals surface area contributed by atoms with Crippen LogP contribution in [0.3, 0.4) is 0 Å². The van der Waals surface area contributed by atoms with E-state index in [0.717, 1.165) is 24.2 Å². The van der Waals surface area contributed by atoms with Crippen LogP contribution in [-0.2, 0) is 6.54 Å². The first-order chi connectivity index (χ1) is 10.2. The maximum Gasteiger partial charge on any atom is 0.317 e. The van der Waals surface area contributed by atoms with Crippen LogP contribution in [0, 0.1) is 0 Å². The molecule has 4 heteroatoms. The van der Waals surface area contributed by atoms with Gasteiger partial charge in [0.15, 0.2) is 0 Å². The number of ether oxygens (including phenoxy) is 1. The van der Waals surface area contributed by atoms with Crippen molar-refractivity contribution < 1.29 is 9.53 Å². The van der Waals surface area contributed by atoms with Gasteiger partial charge in [0.1, 0.15) is 5.75 Å². The molecule has 0 heterocycles. The lowest BCUT2D eigenvalue weighted by Gasteiger charge is -2.27. The Morgan fingerprint density at radius 1 is 1.24 bits per heavy atom. The van der Waals surface area contributed by atoms with Crippen molar-refractivity contribution in [1.82, 2.24) is 10.2 Å². The summed E-state index contributed by atoms with van der Waals surface area (Å²) >= 11 is 0. The van der Waals surface area contributed by atoms with E-state index >= 15 is 0 Å². The van der Waals surface area contributed by atoms with Gasteiger partial charge in [0.25, 0.3) is 0 Å². The van der Waals surface area contributed by atoms with Crippen LogP contribution < -0.4 is 10.1 Å². The fourth-order valence-electron chi connectivity index (χ4n) is 2.79. The molecule has 1 aromatic carbocycles. The van der Waals surface area contributed by atoms with Crippen LogP contribution in [0.1, 0.15) is 44.6 Å². The van der Waals surface area contributed by atoms with E-state index in [-0.39, 0.29) is 6.03 Å². The quantitative estimate of drug-likeness (QED) is 0.901. The summed E-state index contributed by atoms with van der Waals surface area (Å²) in [5, 5.41) is 3.17. The molecule has 1 saturated carbocycles. The number of methoxy groups -OCH3 is 1. The molecule has 0 aromatic heterocycles. The predicted molar refractivity (Wildman–Crippen MR) is 84.5 cm³/mol. The molecule has 0 aliphatic heterocycles. The average molecular weight is 290 g/mol. The van der Waals surface area contributed by atoms with Gasteiger partial charge in [0.2, 0.25) is 0 Å². The standard InChI is InChI=1S/C17H26N2O2/c1-3-19(13-14-9-11-16(21-2)12-10-14)17(20)18-15-7-5-4-6-8-15/h9-12,15H,3-8,13H2,1-2H3,(H,18,20). The number of amides is 2. The van der Waals surface area contributed by atoms with Crippen LogP contribution in [0.4, 0.5) is 4.79 Å². The zero-order chi connectivity index (χ0) is 15.1. The zero-order valence-electron chi connectivity index (χ0n) is 13.1. The van der Waals surface area contributed by atoms with E-state index < -0.39 is 0 Å². The number of carbonyl (C=O) groups excluding carboxylic acids is 1. The van der Waals surface area contributed by atoms with Gasteiger partial charge in [0.05, 0.1) is 7.11 Å². The average Bonchev–Trinajstić information content (AvgIpc) is 2.54. The molecule has 4 nitrogen and oxygen atoms in total. The van der Waals surface area contributed by atoms with Gasteiger partial charge >= 0.3 is 6.03 Å². The Kier molecular flexibility index (Phi) is 5.90. The third-order valence-electron chi connectivity index (χ3n) is 4.13. The highest BCUT2D eigenvalue weighted by atomic mass is 16.5. The molecule has 0 radical (unpaired) electrons. The minimum Gasteiger partial charge on any atom is -0.497 e. The van der Waals surface area contributed by atoms with Gasteiger partial charge in [-0.2, -0.15) is 0 Å². The van der Waals surface area contributed by atoms with Crippen molar-refractivity contribution in [2.45, 2.75) is 51.6 Å². The number of nitrogens with zero attached hydrogens (tertiary/aromatic N) is 1. The molecule has 0 atom stereocenters. The second kappa shape index (κ2) is 7.91. The van der Waals surface area contributed by atoms with Gasteiger partial charge in [-0.25, -0.2) is 4.79 Å². The lowest BCUT2D eigenvalue weighted by molar-refractivity contribution is 0.190. The lowest BCUT2D eigenvalue weighted by atomic mass is 9.96. The number of urea groups is 1. The first kappa shape index (κ1) is 15.7. The van der Waals surface area contributed by atoms with Crippen molar-refractivity contribution in [1.29, 1.82) is 0 Å². The minimum atomic E-state index is 0.0558. The van der Waals surface area contributed by atoms with Gasteiger partial charge in [-0.1, -0.05) is 31.4 Å². The highest BCUT2D eigenvalue weighted by molar-refractivity contribution is 5.74. The van der Waals surface area contributed by atoms with E-state index in [1.807, 2.05) is 36.1 Å². The third-order valence-corrected chi connectivity index (χ3v) is 4.13. The van der Waals surface area contributed by atoms with E-state index in [0.29, 0.717) is 19.1 Å². The highest BCUT2D eigenvalue weighted by Gasteiger charge is 2.19. The van der Waals surface area contributed by atoms with Crippen LogP contribution in [0.5, 0.6) is 5.75 Å². The molecular weight excluding hydrogens is 264 g/mol. The smallest absolute Gasteiger partial charge is 0.317 e. The second-order valence-corrected chi connectivity index (χ2v) is 5.65. The second-order valence-electron chi connectivity index (χ2n) is 5.65. The van der Waals surface area contributed by atoms with Gasteiger partial charge < -0.3 is 15.0 Å². The van der Waals surface area contributed by atoms with Crippen molar-refractivity contribution in [2.75, 3.05) is 13.7 Å². The highest BCUT2D eigenvalue weighted by Crippen LogP contribution is 2.18. The maximum atomic E-state index is 12.4. The molecule has 0 saturated heterocycles.